The Hall–Kier alpha value is -2.25. The van der Waals surface area contributed by atoms with Gasteiger partial charge in [-0.25, -0.2) is 4.39 Å². The van der Waals surface area contributed by atoms with Crippen molar-refractivity contribution >= 4 is 17.3 Å². The molecule has 0 bridgehead atoms. The average Bonchev–Trinajstić information content (AvgIpc) is 2.46. The fraction of sp³-hybridized carbons (Fsp3) is 0.133. The Kier molecular flexibility index (Phi) is 4.44. The van der Waals surface area contributed by atoms with Crippen molar-refractivity contribution in [3.05, 3.63) is 58.4 Å². The van der Waals surface area contributed by atoms with E-state index in [0.717, 1.165) is 5.56 Å². The van der Waals surface area contributed by atoms with Gasteiger partial charge in [0.05, 0.1) is 29.5 Å². The van der Waals surface area contributed by atoms with Crippen LogP contribution in [0.5, 0.6) is 5.75 Å². The maximum Gasteiger partial charge on any atom is 0.124 e. The molecule has 102 valence electrons. The molecule has 0 saturated heterocycles. The lowest BCUT2D eigenvalue weighted by Crippen LogP contribution is -2.03. The summed E-state index contributed by atoms with van der Waals surface area (Å²) in [6.45, 7) is 0.421. The third-order valence-corrected chi connectivity index (χ3v) is 3.12. The molecule has 0 radical (unpaired) electrons. The molecule has 0 aliphatic carbocycles. The number of nitriles is 1. The van der Waals surface area contributed by atoms with Gasteiger partial charge in [-0.15, -0.1) is 0 Å². The van der Waals surface area contributed by atoms with Crippen LogP contribution in [0.3, 0.4) is 0 Å². The predicted molar refractivity (Wildman–Crippen MR) is 76.4 cm³/mol. The van der Waals surface area contributed by atoms with Crippen molar-refractivity contribution in [2.24, 2.45) is 0 Å². The highest BCUT2D eigenvalue weighted by Crippen LogP contribution is 2.25. The van der Waals surface area contributed by atoms with Gasteiger partial charge in [0, 0.05) is 12.1 Å². The number of hydrogen-bond acceptors (Lipinski definition) is 3. The Bertz CT molecular complexity index is 667. The minimum absolute atomic E-state index is 0.306. The predicted octanol–water partition coefficient (Wildman–Crippen LogP) is 3.97. The molecule has 5 heteroatoms. The SMILES string of the molecule is COc1ccc(C#N)cc1CNc1ccc(F)cc1Cl. The van der Waals surface area contributed by atoms with Gasteiger partial charge in [0.25, 0.3) is 0 Å². The van der Waals surface area contributed by atoms with Gasteiger partial charge in [-0.05, 0) is 36.4 Å². The molecule has 0 amide bonds. The Morgan fingerprint density at radius 2 is 2.10 bits per heavy atom. The van der Waals surface area contributed by atoms with Crippen LogP contribution in [-0.4, -0.2) is 7.11 Å². The Morgan fingerprint density at radius 1 is 1.30 bits per heavy atom. The second-order valence-electron chi connectivity index (χ2n) is 4.12. The summed E-state index contributed by atoms with van der Waals surface area (Å²) < 4.78 is 18.2. The van der Waals surface area contributed by atoms with Crippen molar-refractivity contribution in [1.82, 2.24) is 0 Å². The zero-order chi connectivity index (χ0) is 14.5. The van der Waals surface area contributed by atoms with Crippen LogP contribution >= 0.6 is 11.6 Å². The molecule has 2 aromatic carbocycles. The molecule has 1 N–H and O–H groups in total. The summed E-state index contributed by atoms with van der Waals surface area (Å²) in [4.78, 5) is 0. The molecule has 0 saturated carbocycles. The van der Waals surface area contributed by atoms with E-state index in [2.05, 4.69) is 11.4 Å². The molecule has 0 aromatic heterocycles. The summed E-state index contributed by atoms with van der Waals surface area (Å²) in [7, 11) is 1.57. The minimum atomic E-state index is -0.385. The number of rotatable bonds is 4. The largest absolute Gasteiger partial charge is 0.496 e. The maximum absolute atomic E-state index is 13.0. The monoisotopic (exact) mass is 290 g/mol. The number of ether oxygens (including phenoxy) is 1. The molecular weight excluding hydrogens is 279 g/mol. The van der Waals surface area contributed by atoms with E-state index in [1.54, 1.807) is 31.4 Å². The van der Waals surface area contributed by atoms with Crippen LogP contribution in [0.1, 0.15) is 11.1 Å². The lowest BCUT2D eigenvalue weighted by molar-refractivity contribution is 0.410. The van der Waals surface area contributed by atoms with Gasteiger partial charge in [-0.3, -0.25) is 0 Å². The second kappa shape index (κ2) is 6.27. The van der Waals surface area contributed by atoms with Crippen LogP contribution < -0.4 is 10.1 Å². The molecule has 3 nitrogen and oxygen atoms in total. The summed E-state index contributed by atoms with van der Waals surface area (Å²) in [5, 5.41) is 12.3. The van der Waals surface area contributed by atoms with Crippen LogP contribution in [0, 0.1) is 17.1 Å². The van der Waals surface area contributed by atoms with Gasteiger partial charge >= 0.3 is 0 Å². The molecule has 2 aromatic rings. The lowest BCUT2D eigenvalue weighted by Gasteiger charge is -2.12. The van der Waals surface area contributed by atoms with Crippen molar-refractivity contribution in [2.45, 2.75) is 6.54 Å². The van der Waals surface area contributed by atoms with Crippen LogP contribution in [-0.2, 0) is 6.54 Å². The number of nitrogens with one attached hydrogen (secondary N) is 1. The van der Waals surface area contributed by atoms with E-state index >= 15 is 0 Å². The first-order valence-corrected chi connectivity index (χ1v) is 6.28. The molecule has 0 aliphatic rings. The number of benzene rings is 2. The van der Waals surface area contributed by atoms with Crippen molar-refractivity contribution in [3.63, 3.8) is 0 Å². The van der Waals surface area contributed by atoms with Crippen LogP contribution in [0.2, 0.25) is 5.02 Å². The van der Waals surface area contributed by atoms with Gasteiger partial charge in [-0.2, -0.15) is 5.26 Å². The smallest absolute Gasteiger partial charge is 0.124 e. The highest BCUT2D eigenvalue weighted by atomic mass is 35.5. The van der Waals surface area contributed by atoms with E-state index in [4.69, 9.17) is 21.6 Å². The first kappa shape index (κ1) is 14.2. The van der Waals surface area contributed by atoms with Gasteiger partial charge in [0.1, 0.15) is 11.6 Å². The summed E-state index contributed by atoms with van der Waals surface area (Å²) in [5.74, 6) is 0.291. The van der Waals surface area contributed by atoms with E-state index in [9.17, 15) is 4.39 Å². The Balaban J connectivity index is 2.20. The molecular formula is C15H12ClFN2O. The maximum atomic E-state index is 13.0. The first-order valence-electron chi connectivity index (χ1n) is 5.90. The molecule has 0 heterocycles. The zero-order valence-electron chi connectivity index (χ0n) is 10.8. The van der Waals surface area contributed by atoms with Crippen molar-refractivity contribution < 1.29 is 9.13 Å². The molecule has 20 heavy (non-hydrogen) atoms. The topological polar surface area (TPSA) is 45.0 Å². The second-order valence-corrected chi connectivity index (χ2v) is 4.52. The van der Waals surface area contributed by atoms with Crippen molar-refractivity contribution in [2.75, 3.05) is 12.4 Å². The highest BCUT2D eigenvalue weighted by Gasteiger charge is 2.06. The van der Waals surface area contributed by atoms with Gasteiger partial charge in [-0.1, -0.05) is 11.6 Å². The zero-order valence-corrected chi connectivity index (χ0v) is 11.5. The van der Waals surface area contributed by atoms with Crippen molar-refractivity contribution in [3.8, 4) is 11.8 Å². The quantitative estimate of drug-likeness (QED) is 0.926. The van der Waals surface area contributed by atoms with Crippen molar-refractivity contribution in [1.29, 1.82) is 5.26 Å². The van der Waals surface area contributed by atoms with E-state index < -0.39 is 0 Å². The summed E-state index contributed by atoms with van der Waals surface area (Å²) >= 11 is 5.94. The standard InChI is InChI=1S/C15H12ClFN2O/c1-20-15-5-2-10(8-18)6-11(15)9-19-14-4-3-12(17)7-13(14)16/h2-7,19H,9H2,1H3. The molecule has 0 atom stereocenters. The Labute approximate surface area is 121 Å². The van der Waals surface area contributed by atoms with Crippen LogP contribution in [0.25, 0.3) is 0 Å². The average molecular weight is 291 g/mol. The minimum Gasteiger partial charge on any atom is -0.496 e. The van der Waals surface area contributed by atoms with Gasteiger partial charge in [0.15, 0.2) is 0 Å². The number of hydrogen-bond donors (Lipinski definition) is 1. The summed E-state index contributed by atoms with van der Waals surface area (Å²) in [5.41, 5.74) is 2.00. The molecule has 0 spiro atoms. The highest BCUT2D eigenvalue weighted by molar-refractivity contribution is 6.33. The molecule has 2 rings (SSSR count). The number of methoxy groups -OCH3 is 1. The third-order valence-electron chi connectivity index (χ3n) is 2.81. The molecule has 0 unspecified atom stereocenters. The normalized spacial score (nSPS) is 9.90. The van der Waals surface area contributed by atoms with Gasteiger partial charge < -0.3 is 10.1 Å². The molecule has 0 fully saturated rings. The van der Waals surface area contributed by atoms with E-state index in [1.165, 1.54) is 12.1 Å². The lowest BCUT2D eigenvalue weighted by atomic mass is 10.1. The number of anilines is 1. The molecule has 0 aliphatic heterocycles. The summed E-state index contributed by atoms with van der Waals surface area (Å²) in [6, 6.07) is 11.4. The van der Waals surface area contributed by atoms with E-state index in [1.807, 2.05) is 0 Å². The van der Waals surface area contributed by atoms with Crippen LogP contribution in [0.4, 0.5) is 10.1 Å². The van der Waals surface area contributed by atoms with Crippen LogP contribution in [0.15, 0.2) is 36.4 Å². The third kappa shape index (κ3) is 3.19. The fourth-order valence-electron chi connectivity index (χ4n) is 1.81. The van der Waals surface area contributed by atoms with E-state index in [0.29, 0.717) is 28.6 Å². The Morgan fingerprint density at radius 3 is 2.75 bits per heavy atom. The number of nitrogens with zero attached hydrogens (tertiary/aromatic N) is 1. The number of halogens is 2. The first-order chi connectivity index (χ1) is 9.63. The van der Waals surface area contributed by atoms with Gasteiger partial charge in [0.2, 0.25) is 0 Å². The summed E-state index contributed by atoms with van der Waals surface area (Å²) in [6.07, 6.45) is 0. The fourth-order valence-corrected chi connectivity index (χ4v) is 2.04. The van der Waals surface area contributed by atoms with E-state index in [-0.39, 0.29) is 5.82 Å².